The lowest BCUT2D eigenvalue weighted by atomic mass is 10.2. The minimum absolute atomic E-state index is 0.146. The summed E-state index contributed by atoms with van der Waals surface area (Å²) in [5, 5.41) is 12.8. The van der Waals surface area contributed by atoms with Crippen LogP contribution in [-0.2, 0) is 4.79 Å². The summed E-state index contributed by atoms with van der Waals surface area (Å²) in [6, 6.07) is 13.2. The van der Waals surface area contributed by atoms with Crippen molar-refractivity contribution >= 4 is 28.2 Å². The molecule has 6 nitrogen and oxygen atoms in total. The molecule has 2 aromatic carbocycles. The van der Waals surface area contributed by atoms with Gasteiger partial charge in [-0.25, -0.2) is 9.97 Å². The number of nitrogens with zero attached hydrogens (tertiary/aromatic N) is 2. The number of hydrogen-bond donors (Lipinski definition) is 2. The van der Waals surface area contributed by atoms with Crippen molar-refractivity contribution in [3.8, 4) is 18.1 Å². The lowest BCUT2D eigenvalue weighted by Gasteiger charge is -2.11. The fourth-order valence-electron chi connectivity index (χ4n) is 2.74. The van der Waals surface area contributed by atoms with Gasteiger partial charge in [-0.15, -0.1) is 6.42 Å². The van der Waals surface area contributed by atoms with Gasteiger partial charge < -0.3 is 15.2 Å². The molecule has 0 bridgehead atoms. The van der Waals surface area contributed by atoms with Gasteiger partial charge in [-0.1, -0.05) is 12.0 Å². The Hall–Kier alpha value is -3.43. The number of Topliss-reactive ketones (excluding diaryl/α,β-unsaturated/α-hetero) is 1. The maximum absolute atomic E-state index is 11.1. The quantitative estimate of drug-likeness (QED) is 0.440. The second kappa shape index (κ2) is 9.49. The summed E-state index contributed by atoms with van der Waals surface area (Å²) >= 11 is 0. The van der Waals surface area contributed by atoms with E-state index in [0.717, 1.165) is 28.6 Å². The first-order valence-corrected chi connectivity index (χ1v) is 9.03. The Kier molecular flexibility index (Phi) is 6.55. The summed E-state index contributed by atoms with van der Waals surface area (Å²) in [6.45, 7) is 0.0937. The average molecular weight is 375 g/mol. The number of aromatic nitrogens is 2. The number of anilines is 2. The molecule has 0 aliphatic carbocycles. The lowest BCUT2D eigenvalue weighted by Crippen LogP contribution is -2.04. The van der Waals surface area contributed by atoms with E-state index >= 15 is 0 Å². The number of ketones is 1. The minimum atomic E-state index is -0.397. The standard InChI is InChI=1S/C22H21N3O3/c1-2-16-6-5-7-17(12-16)25-22-20-13-19(9-10-21(20)23-15-24-22)28-11-4-3-8-18(27)14-26/h1,5-7,9-10,12-13,15,26H,3-4,8,11,14H2,(H,23,24,25). The van der Waals surface area contributed by atoms with Gasteiger partial charge >= 0.3 is 0 Å². The van der Waals surface area contributed by atoms with Crippen LogP contribution < -0.4 is 10.1 Å². The Morgan fingerprint density at radius 1 is 1.18 bits per heavy atom. The van der Waals surface area contributed by atoms with Crippen LogP contribution in [-0.4, -0.2) is 34.1 Å². The number of nitrogens with one attached hydrogen (secondary N) is 1. The van der Waals surface area contributed by atoms with Crippen molar-refractivity contribution in [1.82, 2.24) is 9.97 Å². The van der Waals surface area contributed by atoms with Crippen molar-refractivity contribution in [2.45, 2.75) is 19.3 Å². The second-order valence-corrected chi connectivity index (χ2v) is 6.25. The molecular weight excluding hydrogens is 354 g/mol. The summed E-state index contributed by atoms with van der Waals surface area (Å²) in [7, 11) is 0. The molecule has 0 unspecified atom stereocenters. The minimum Gasteiger partial charge on any atom is -0.494 e. The van der Waals surface area contributed by atoms with E-state index in [-0.39, 0.29) is 5.78 Å². The van der Waals surface area contributed by atoms with Gasteiger partial charge in [-0.2, -0.15) is 0 Å². The first-order valence-electron chi connectivity index (χ1n) is 9.03. The molecule has 0 fully saturated rings. The van der Waals surface area contributed by atoms with Crippen LogP contribution in [0.1, 0.15) is 24.8 Å². The topological polar surface area (TPSA) is 84.3 Å². The maximum atomic E-state index is 11.1. The van der Waals surface area contributed by atoms with E-state index in [9.17, 15) is 4.79 Å². The molecule has 0 saturated heterocycles. The fraction of sp³-hybridized carbons (Fsp3) is 0.227. The predicted octanol–water partition coefficient (Wildman–Crippen LogP) is 3.47. The molecular formula is C22H21N3O3. The number of aliphatic hydroxyl groups excluding tert-OH is 1. The fourth-order valence-corrected chi connectivity index (χ4v) is 2.74. The number of carbonyl (C=O) groups excluding carboxylic acids is 1. The summed E-state index contributed by atoms with van der Waals surface area (Å²) in [5.74, 6) is 3.84. The molecule has 1 heterocycles. The Morgan fingerprint density at radius 2 is 2.07 bits per heavy atom. The molecule has 0 aliphatic rings. The Balaban J connectivity index is 1.71. The van der Waals surface area contributed by atoms with Crippen molar-refractivity contribution in [3.05, 3.63) is 54.4 Å². The molecule has 3 aromatic rings. The van der Waals surface area contributed by atoms with Crippen molar-refractivity contribution in [1.29, 1.82) is 0 Å². The van der Waals surface area contributed by atoms with E-state index in [1.165, 1.54) is 6.33 Å². The Bertz CT molecular complexity index is 1010. The lowest BCUT2D eigenvalue weighted by molar-refractivity contribution is -0.121. The zero-order valence-electron chi connectivity index (χ0n) is 15.4. The largest absolute Gasteiger partial charge is 0.494 e. The third-order valence-corrected chi connectivity index (χ3v) is 4.19. The van der Waals surface area contributed by atoms with Crippen LogP contribution in [0.4, 0.5) is 11.5 Å². The first kappa shape index (κ1) is 19.3. The highest BCUT2D eigenvalue weighted by Gasteiger charge is 2.07. The predicted molar refractivity (Wildman–Crippen MR) is 109 cm³/mol. The zero-order valence-corrected chi connectivity index (χ0v) is 15.4. The maximum Gasteiger partial charge on any atom is 0.158 e. The smallest absolute Gasteiger partial charge is 0.158 e. The molecule has 0 saturated carbocycles. The van der Waals surface area contributed by atoms with Crippen LogP contribution in [0.2, 0.25) is 0 Å². The monoisotopic (exact) mass is 375 g/mol. The summed E-state index contributed by atoms with van der Waals surface area (Å²) in [6.07, 6.45) is 8.77. The highest BCUT2D eigenvalue weighted by atomic mass is 16.5. The second-order valence-electron chi connectivity index (χ2n) is 6.25. The van der Waals surface area contributed by atoms with Gasteiger partial charge in [0.15, 0.2) is 5.78 Å². The first-order chi connectivity index (χ1) is 13.7. The molecule has 6 heteroatoms. The third-order valence-electron chi connectivity index (χ3n) is 4.19. The number of ether oxygens (including phenoxy) is 1. The highest BCUT2D eigenvalue weighted by Crippen LogP contribution is 2.27. The number of fused-ring (bicyclic) bond motifs is 1. The van der Waals surface area contributed by atoms with Crippen LogP contribution in [0, 0.1) is 12.3 Å². The third kappa shape index (κ3) is 5.06. The van der Waals surface area contributed by atoms with Gasteiger partial charge in [0.25, 0.3) is 0 Å². The SMILES string of the molecule is C#Cc1cccc(Nc2ncnc3ccc(OCCCCC(=O)CO)cc23)c1. The van der Waals surface area contributed by atoms with Crippen molar-refractivity contribution in [2.75, 3.05) is 18.5 Å². The molecule has 0 radical (unpaired) electrons. The normalized spacial score (nSPS) is 10.4. The van der Waals surface area contributed by atoms with Crippen LogP contribution in [0.25, 0.3) is 10.9 Å². The Morgan fingerprint density at radius 3 is 2.89 bits per heavy atom. The van der Waals surface area contributed by atoms with Gasteiger partial charge in [-0.3, -0.25) is 4.79 Å². The van der Waals surface area contributed by atoms with Gasteiger partial charge in [0, 0.05) is 23.1 Å². The number of benzene rings is 2. The van der Waals surface area contributed by atoms with Crippen LogP contribution in [0.15, 0.2) is 48.8 Å². The van der Waals surface area contributed by atoms with Crippen LogP contribution in [0.3, 0.4) is 0 Å². The number of hydrogen-bond acceptors (Lipinski definition) is 6. The number of aliphatic hydroxyl groups is 1. The van der Waals surface area contributed by atoms with E-state index in [1.54, 1.807) is 0 Å². The number of terminal acetylenes is 1. The van der Waals surface area contributed by atoms with E-state index in [4.69, 9.17) is 16.3 Å². The molecule has 1 aromatic heterocycles. The molecule has 2 N–H and O–H groups in total. The van der Waals surface area contributed by atoms with Crippen molar-refractivity contribution < 1.29 is 14.6 Å². The molecule has 0 amide bonds. The van der Waals surface area contributed by atoms with Gasteiger partial charge in [0.1, 0.15) is 24.5 Å². The van der Waals surface area contributed by atoms with Gasteiger partial charge in [0.2, 0.25) is 0 Å². The van der Waals surface area contributed by atoms with Crippen molar-refractivity contribution in [3.63, 3.8) is 0 Å². The molecule has 0 aliphatic heterocycles. The van der Waals surface area contributed by atoms with E-state index in [1.807, 2.05) is 42.5 Å². The van der Waals surface area contributed by atoms with E-state index < -0.39 is 6.61 Å². The average Bonchev–Trinajstić information content (AvgIpc) is 2.73. The van der Waals surface area contributed by atoms with Crippen LogP contribution >= 0.6 is 0 Å². The molecule has 0 spiro atoms. The summed E-state index contributed by atoms with van der Waals surface area (Å²) in [5.41, 5.74) is 2.42. The highest BCUT2D eigenvalue weighted by molar-refractivity contribution is 5.91. The number of carbonyl (C=O) groups is 1. The van der Waals surface area contributed by atoms with Crippen LogP contribution in [0.5, 0.6) is 5.75 Å². The zero-order chi connectivity index (χ0) is 19.8. The van der Waals surface area contributed by atoms with E-state index in [0.29, 0.717) is 31.0 Å². The number of rotatable bonds is 9. The van der Waals surface area contributed by atoms with Crippen molar-refractivity contribution in [2.24, 2.45) is 0 Å². The van der Waals surface area contributed by atoms with E-state index in [2.05, 4.69) is 21.2 Å². The molecule has 3 rings (SSSR count). The molecule has 142 valence electrons. The number of unbranched alkanes of at least 4 members (excludes halogenated alkanes) is 1. The molecule has 0 atom stereocenters. The van der Waals surface area contributed by atoms with Gasteiger partial charge in [0.05, 0.1) is 12.1 Å². The summed E-state index contributed by atoms with van der Waals surface area (Å²) < 4.78 is 5.79. The Labute approximate surface area is 163 Å². The molecule has 28 heavy (non-hydrogen) atoms. The summed E-state index contributed by atoms with van der Waals surface area (Å²) in [4.78, 5) is 19.7. The van der Waals surface area contributed by atoms with Gasteiger partial charge in [-0.05, 0) is 49.2 Å².